The van der Waals surface area contributed by atoms with Gasteiger partial charge in [0, 0.05) is 23.5 Å². The molecule has 4 nitrogen and oxygen atoms in total. The van der Waals surface area contributed by atoms with Gasteiger partial charge in [0.15, 0.2) is 0 Å². The lowest BCUT2D eigenvalue weighted by molar-refractivity contribution is 0.480. The fourth-order valence-electron chi connectivity index (χ4n) is 2.35. The van der Waals surface area contributed by atoms with Gasteiger partial charge < -0.3 is 10.3 Å². The van der Waals surface area contributed by atoms with Crippen molar-refractivity contribution in [1.29, 1.82) is 0 Å². The van der Waals surface area contributed by atoms with Crippen LogP contribution in [0.1, 0.15) is 36.5 Å². The highest BCUT2D eigenvalue weighted by atomic mass is 32.2. The summed E-state index contributed by atoms with van der Waals surface area (Å²) < 4.78 is 0. The van der Waals surface area contributed by atoms with Gasteiger partial charge in [-0.2, -0.15) is 11.8 Å². The highest BCUT2D eigenvalue weighted by molar-refractivity contribution is 7.99. The van der Waals surface area contributed by atoms with Crippen LogP contribution in [0.25, 0.3) is 0 Å². The van der Waals surface area contributed by atoms with Crippen molar-refractivity contribution in [3.8, 4) is 0 Å². The Morgan fingerprint density at radius 1 is 1.53 bits per heavy atom. The fourth-order valence-corrected chi connectivity index (χ4v) is 3.51. The standard InChI is InChI=1S/C12H19N3OS/c1-7-11(12(16)15-9(3)13-7)8(2)14-10-4-5-17-6-10/h8,10,14H,4-6H2,1-3H3,(H,13,15,16). The molecule has 2 unspecified atom stereocenters. The minimum absolute atomic E-state index is 0.0133. The van der Waals surface area contributed by atoms with Crippen LogP contribution >= 0.6 is 11.8 Å². The molecule has 2 N–H and O–H groups in total. The molecule has 0 aliphatic carbocycles. The molecule has 94 valence electrons. The van der Waals surface area contributed by atoms with Gasteiger partial charge in [-0.1, -0.05) is 0 Å². The van der Waals surface area contributed by atoms with E-state index in [1.165, 1.54) is 12.2 Å². The second-order valence-electron chi connectivity index (χ2n) is 4.60. The van der Waals surface area contributed by atoms with E-state index >= 15 is 0 Å². The van der Waals surface area contributed by atoms with Gasteiger partial charge in [-0.25, -0.2) is 4.98 Å². The first-order valence-corrected chi connectivity index (χ1v) is 7.14. The monoisotopic (exact) mass is 253 g/mol. The van der Waals surface area contributed by atoms with Crippen molar-refractivity contribution in [2.24, 2.45) is 0 Å². The molecule has 2 heterocycles. The molecule has 1 aliphatic heterocycles. The first kappa shape index (κ1) is 12.6. The molecular formula is C12H19N3OS. The summed E-state index contributed by atoms with van der Waals surface area (Å²) in [5.41, 5.74) is 1.59. The minimum Gasteiger partial charge on any atom is -0.310 e. The van der Waals surface area contributed by atoms with Crippen LogP contribution in [-0.2, 0) is 0 Å². The third kappa shape index (κ3) is 2.90. The molecule has 0 bridgehead atoms. The Labute approximate surface area is 106 Å². The molecule has 0 amide bonds. The van der Waals surface area contributed by atoms with Crippen molar-refractivity contribution in [2.75, 3.05) is 11.5 Å². The number of rotatable bonds is 3. The van der Waals surface area contributed by atoms with Crippen molar-refractivity contribution in [1.82, 2.24) is 15.3 Å². The maximum atomic E-state index is 11.9. The lowest BCUT2D eigenvalue weighted by Crippen LogP contribution is -2.35. The zero-order valence-corrected chi connectivity index (χ0v) is 11.4. The van der Waals surface area contributed by atoms with Crippen molar-refractivity contribution in [2.45, 2.75) is 39.3 Å². The Kier molecular flexibility index (Phi) is 3.89. The van der Waals surface area contributed by atoms with Crippen LogP contribution in [0.4, 0.5) is 0 Å². The normalized spacial score (nSPS) is 21.7. The van der Waals surface area contributed by atoms with E-state index in [-0.39, 0.29) is 11.6 Å². The molecule has 5 heteroatoms. The number of aromatic nitrogens is 2. The topological polar surface area (TPSA) is 57.8 Å². The largest absolute Gasteiger partial charge is 0.310 e. The zero-order valence-electron chi connectivity index (χ0n) is 10.5. The molecule has 2 atom stereocenters. The number of nitrogens with one attached hydrogen (secondary N) is 2. The Balaban J connectivity index is 2.18. The van der Waals surface area contributed by atoms with Gasteiger partial charge in [0.1, 0.15) is 5.82 Å². The van der Waals surface area contributed by atoms with Crippen LogP contribution in [0.3, 0.4) is 0 Å². The summed E-state index contributed by atoms with van der Waals surface area (Å²) in [6.45, 7) is 5.75. The van der Waals surface area contributed by atoms with Gasteiger partial charge in [-0.3, -0.25) is 4.79 Å². The Hall–Kier alpha value is -0.810. The number of hydrogen-bond donors (Lipinski definition) is 2. The molecule has 0 spiro atoms. The number of thioether (sulfide) groups is 1. The van der Waals surface area contributed by atoms with Crippen molar-refractivity contribution in [3.63, 3.8) is 0 Å². The van der Waals surface area contributed by atoms with Crippen LogP contribution in [0, 0.1) is 13.8 Å². The number of aromatic amines is 1. The van der Waals surface area contributed by atoms with E-state index in [0.29, 0.717) is 11.9 Å². The molecule has 1 aliphatic rings. The Bertz CT molecular complexity index is 452. The lowest BCUT2D eigenvalue weighted by atomic mass is 10.1. The first-order valence-electron chi connectivity index (χ1n) is 5.99. The van der Waals surface area contributed by atoms with E-state index in [2.05, 4.69) is 15.3 Å². The molecule has 2 rings (SSSR count). The Morgan fingerprint density at radius 3 is 2.88 bits per heavy atom. The fraction of sp³-hybridized carbons (Fsp3) is 0.667. The molecule has 1 aromatic rings. The van der Waals surface area contributed by atoms with Gasteiger partial charge in [-0.05, 0) is 32.9 Å². The average molecular weight is 253 g/mol. The van der Waals surface area contributed by atoms with Gasteiger partial charge in [0.2, 0.25) is 0 Å². The van der Waals surface area contributed by atoms with E-state index < -0.39 is 0 Å². The van der Waals surface area contributed by atoms with E-state index in [1.807, 2.05) is 32.5 Å². The van der Waals surface area contributed by atoms with Gasteiger partial charge in [0.05, 0.1) is 5.56 Å². The predicted octanol–water partition coefficient (Wildman–Crippen LogP) is 1.54. The number of aryl methyl sites for hydroxylation is 2. The maximum Gasteiger partial charge on any atom is 0.255 e. The summed E-state index contributed by atoms with van der Waals surface area (Å²) in [7, 11) is 0. The summed E-state index contributed by atoms with van der Waals surface area (Å²) in [6, 6.07) is 0.589. The van der Waals surface area contributed by atoms with E-state index in [0.717, 1.165) is 17.0 Å². The van der Waals surface area contributed by atoms with E-state index in [4.69, 9.17) is 0 Å². The van der Waals surface area contributed by atoms with Crippen molar-refractivity contribution < 1.29 is 0 Å². The quantitative estimate of drug-likeness (QED) is 0.858. The predicted molar refractivity (Wildman–Crippen MR) is 71.6 cm³/mol. The molecule has 1 saturated heterocycles. The zero-order chi connectivity index (χ0) is 12.4. The second-order valence-corrected chi connectivity index (χ2v) is 5.75. The molecule has 17 heavy (non-hydrogen) atoms. The minimum atomic E-state index is -0.0133. The highest BCUT2D eigenvalue weighted by Crippen LogP contribution is 2.20. The third-order valence-electron chi connectivity index (χ3n) is 3.11. The van der Waals surface area contributed by atoms with Crippen LogP contribution in [0.2, 0.25) is 0 Å². The lowest BCUT2D eigenvalue weighted by Gasteiger charge is -2.19. The smallest absolute Gasteiger partial charge is 0.255 e. The van der Waals surface area contributed by atoms with Crippen LogP contribution in [0.5, 0.6) is 0 Å². The summed E-state index contributed by atoms with van der Waals surface area (Å²) in [5.74, 6) is 3.03. The summed E-state index contributed by atoms with van der Waals surface area (Å²) in [6.07, 6.45) is 1.19. The molecule has 1 fully saturated rings. The van der Waals surface area contributed by atoms with Crippen molar-refractivity contribution in [3.05, 3.63) is 27.4 Å². The third-order valence-corrected chi connectivity index (χ3v) is 4.28. The van der Waals surface area contributed by atoms with Gasteiger partial charge in [0.25, 0.3) is 5.56 Å². The molecule has 0 saturated carbocycles. The van der Waals surface area contributed by atoms with Crippen LogP contribution < -0.4 is 10.9 Å². The highest BCUT2D eigenvalue weighted by Gasteiger charge is 2.21. The Morgan fingerprint density at radius 2 is 2.29 bits per heavy atom. The summed E-state index contributed by atoms with van der Waals surface area (Å²) in [4.78, 5) is 19.0. The van der Waals surface area contributed by atoms with Crippen molar-refractivity contribution >= 4 is 11.8 Å². The number of nitrogens with zero attached hydrogens (tertiary/aromatic N) is 1. The molecule has 1 aromatic heterocycles. The molecule has 0 aromatic carbocycles. The summed E-state index contributed by atoms with van der Waals surface area (Å²) >= 11 is 1.97. The number of hydrogen-bond acceptors (Lipinski definition) is 4. The van der Waals surface area contributed by atoms with Gasteiger partial charge >= 0.3 is 0 Å². The van der Waals surface area contributed by atoms with E-state index in [1.54, 1.807) is 0 Å². The van der Waals surface area contributed by atoms with E-state index in [9.17, 15) is 4.79 Å². The summed E-state index contributed by atoms with van der Waals surface area (Å²) in [5, 5.41) is 3.52. The maximum absolute atomic E-state index is 11.9. The first-order chi connectivity index (χ1) is 8.08. The van der Waals surface area contributed by atoms with Crippen LogP contribution in [0.15, 0.2) is 4.79 Å². The molecule has 0 radical (unpaired) electrons. The van der Waals surface area contributed by atoms with Crippen LogP contribution in [-0.4, -0.2) is 27.5 Å². The molecular weight excluding hydrogens is 234 g/mol. The second kappa shape index (κ2) is 5.23. The number of H-pyrrole nitrogens is 1. The average Bonchev–Trinajstić information content (AvgIpc) is 2.68. The van der Waals surface area contributed by atoms with Gasteiger partial charge in [-0.15, -0.1) is 0 Å². The SMILES string of the molecule is Cc1nc(C)c(C(C)NC2CCSC2)c(=O)[nH]1.